The predicted octanol–water partition coefficient (Wildman–Crippen LogP) is -0.545. The molecule has 7 heteroatoms. The van der Waals surface area contributed by atoms with Crippen molar-refractivity contribution in [2.24, 2.45) is 0 Å². The molecule has 166 valence electrons. The Labute approximate surface area is 183 Å². The number of quaternary nitrogens is 2. The van der Waals surface area contributed by atoms with Crippen molar-refractivity contribution in [1.82, 2.24) is 5.32 Å². The zero-order valence-electron chi connectivity index (χ0n) is 18.4. The molecule has 0 radical (unpaired) electrons. The van der Waals surface area contributed by atoms with Gasteiger partial charge in [0.05, 0.1) is 7.11 Å². The Morgan fingerprint density at radius 1 is 1.03 bits per heavy atom. The fourth-order valence-electron chi connectivity index (χ4n) is 4.33. The molecular formula is C24H33N3O4+2. The lowest BCUT2D eigenvalue weighted by molar-refractivity contribution is -1.02. The van der Waals surface area contributed by atoms with Gasteiger partial charge in [-0.05, 0) is 49.2 Å². The molecule has 2 aliphatic heterocycles. The van der Waals surface area contributed by atoms with Crippen LogP contribution in [0.4, 0.5) is 0 Å². The van der Waals surface area contributed by atoms with Gasteiger partial charge in [0.1, 0.15) is 38.5 Å². The lowest BCUT2D eigenvalue weighted by atomic mass is 10.1. The van der Waals surface area contributed by atoms with Gasteiger partial charge in [0, 0.05) is 12.1 Å². The normalized spacial score (nSPS) is 20.8. The number of carbonyl (C=O) groups is 1. The molecule has 0 spiro atoms. The monoisotopic (exact) mass is 427 g/mol. The molecule has 2 aromatic rings. The highest BCUT2D eigenvalue weighted by molar-refractivity contribution is 5.79. The number of amides is 1. The van der Waals surface area contributed by atoms with E-state index in [9.17, 15) is 4.79 Å². The van der Waals surface area contributed by atoms with Gasteiger partial charge in [-0.3, -0.25) is 4.79 Å². The third kappa shape index (κ3) is 5.48. The molecule has 2 aliphatic rings. The Balaban J connectivity index is 1.18. The average Bonchev–Trinajstić information content (AvgIpc) is 3.27. The van der Waals surface area contributed by atoms with Crippen LogP contribution in [-0.2, 0) is 17.8 Å². The van der Waals surface area contributed by atoms with Crippen molar-refractivity contribution in [1.29, 1.82) is 0 Å². The number of methoxy groups -OCH3 is 1. The summed E-state index contributed by atoms with van der Waals surface area (Å²) in [6, 6.07) is 14.2. The third-order valence-electron chi connectivity index (χ3n) is 6.37. The standard InChI is InChI=1S/C24H31N3O4/c1-18(24(28)25-10-9-19-3-6-21(29-2)7-4-19)27-13-11-26(12-14-27)16-20-5-8-22-23(15-20)31-17-30-22/h3-8,15,18H,9-14,16-17H2,1-2H3,(H,25,28)/p+2/t18-/m0/s1. The van der Waals surface area contributed by atoms with E-state index >= 15 is 0 Å². The zero-order valence-corrected chi connectivity index (χ0v) is 18.4. The van der Waals surface area contributed by atoms with E-state index in [4.69, 9.17) is 14.2 Å². The molecular weight excluding hydrogens is 394 g/mol. The molecule has 1 saturated heterocycles. The van der Waals surface area contributed by atoms with Crippen LogP contribution in [0.2, 0.25) is 0 Å². The number of piperazine rings is 1. The van der Waals surface area contributed by atoms with Crippen molar-refractivity contribution >= 4 is 5.91 Å². The van der Waals surface area contributed by atoms with Crippen LogP contribution in [0.25, 0.3) is 0 Å². The molecule has 1 amide bonds. The van der Waals surface area contributed by atoms with Gasteiger partial charge in [0.25, 0.3) is 5.91 Å². The van der Waals surface area contributed by atoms with Gasteiger partial charge in [-0.25, -0.2) is 0 Å². The van der Waals surface area contributed by atoms with Gasteiger partial charge in [-0.15, -0.1) is 0 Å². The van der Waals surface area contributed by atoms with Crippen LogP contribution in [0.1, 0.15) is 18.1 Å². The van der Waals surface area contributed by atoms with E-state index in [1.165, 1.54) is 16.0 Å². The van der Waals surface area contributed by atoms with Gasteiger partial charge in [-0.1, -0.05) is 12.1 Å². The number of hydrogen-bond donors (Lipinski definition) is 3. The molecule has 2 aromatic carbocycles. The van der Waals surface area contributed by atoms with Crippen LogP contribution in [-0.4, -0.2) is 58.6 Å². The maximum Gasteiger partial charge on any atom is 0.278 e. The highest BCUT2D eigenvalue weighted by Gasteiger charge is 2.31. The highest BCUT2D eigenvalue weighted by Crippen LogP contribution is 2.32. The van der Waals surface area contributed by atoms with E-state index in [2.05, 4.69) is 17.4 Å². The van der Waals surface area contributed by atoms with Gasteiger partial charge in [0.2, 0.25) is 6.79 Å². The van der Waals surface area contributed by atoms with Crippen LogP contribution in [0.3, 0.4) is 0 Å². The van der Waals surface area contributed by atoms with Crippen molar-refractivity contribution in [3.05, 3.63) is 53.6 Å². The lowest BCUT2D eigenvalue weighted by Gasteiger charge is -2.32. The molecule has 0 aliphatic carbocycles. The fourth-order valence-corrected chi connectivity index (χ4v) is 4.33. The fraction of sp³-hybridized carbons (Fsp3) is 0.458. The molecule has 1 fully saturated rings. The summed E-state index contributed by atoms with van der Waals surface area (Å²) < 4.78 is 16.1. The third-order valence-corrected chi connectivity index (χ3v) is 6.37. The zero-order chi connectivity index (χ0) is 21.6. The van der Waals surface area contributed by atoms with Crippen LogP contribution in [0, 0.1) is 0 Å². The molecule has 1 atom stereocenters. The Morgan fingerprint density at radius 3 is 2.48 bits per heavy atom. The first kappa shape index (κ1) is 21.5. The van der Waals surface area contributed by atoms with Gasteiger partial charge in [0.15, 0.2) is 17.5 Å². The maximum atomic E-state index is 12.6. The molecule has 0 unspecified atom stereocenters. The summed E-state index contributed by atoms with van der Waals surface area (Å²) in [5.74, 6) is 2.67. The van der Waals surface area contributed by atoms with Crippen molar-refractivity contribution in [2.75, 3.05) is 46.6 Å². The highest BCUT2D eigenvalue weighted by atomic mass is 16.7. The number of carbonyl (C=O) groups excluding carboxylic acids is 1. The number of rotatable bonds is 8. The van der Waals surface area contributed by atoms with Gasteiger partial charge < -0.3 is 29.3 Å². The van der Waals surface area contributed by atoms with Gasteiger partial charge >= 0.3 is 0 Å². The molecule has 4 rings (SSSR count). The molecule has 0 saturated carbocycles. The first-order valence-corrected chi connectivity index (χ1v) is 11.1. The van der Waals surface area contributed by atoms with Crippen molar-refractivity contribution in [3.8, 4) is 17.2 Å². The number of benzene rings is 2. The minimum Gasteiger partial charge on any atom is -0.497 e. The molecule has 0 aromatic heterocycles. The Hall–Kier alpha value is -2.77. The van der Waals surface area contributed by atoms with Crippen LogP contribution in [0.5, 0.6) is 17.2 Å². The summed E-state index contributed by atoms with van der Waals surface area (Å²) >= 11 is 0. The first-order valence-electron chi connectivity index (χ1n) is 11.1. The van der Waals surface area contributed by atoms with E-state index in [-0.39, 0.29) is 11.9 Å². The number of fused-ring (bicyclic) bond motifs is 1. The van der Waals surface area contributed by atoms with E-state index in [1.54, 1.807) is 12.0 Å². The van der Waals surface area contributed by atoms with E-state index < -0.39 is 0 Å². The molecule has 31 heavy (non-hydrogen) atoms. The second kappa shape index (κ2) is 10.0. The summed E-state index contributed by atoms with van der Waals surface area (Å²) in [6.07, 6.45) is 0.825. The van der Waals surface area contributed by atoms with E-state index in [1.807, 2.05) is 37.3 Å². The Morgan fingerprint density at radius 2 is 1.74 bits per heavy atom. The van der Waals surface area contributed by atoms with Crippen LogP contribution in [0.15, 0.2) is 42.5 Å². The average molecular weight is 428 g/mol. The SMILES string of the molecule is COc1ccc(CCNC(=O)[C@H](C)[NH+]2CC[NH+](Cc3ccc4c(c3)OCO4)CC2)cc1. The second-order valence-corrected chi connectivity index (χ2v) is 8.38. The van der Waals surface area contributed by atoms with Crippen molar-refractivity contribution in [3.63, 3.8) is 0 Å². The first-order chi connectivity index (χ1) is 15.1. The smallest absolute Gasteiger partial charge is 0.278 e. The number of nitrogens with one attached hydrogen (secondary N) is 3. The van der Waals surface area contributed by atoms with E-state index in [0.717, 1.165) is 56.4 Å². The number of ether oxygens (including phenoxy) is 3. The Kier molecular flexibility index (Phi) is 6.94. The molecule has 7 nitrogen and oxygen atoms in total. The van der Waals surface area contributed by atoms with Crippen molar-refractivity contribution in [2.45, 2.75) is 25.9 Å². The minimum absolute atomic E-state index is 0.0250. The lowest BCUT2D eigenvalue weighted by Crippen LogP contribution is -3.29. The van der Waals surface area contributed by atoms with E-state index in [0.29, 0.717) is 13.3 Å². The molecule has 3 N–H and O–H groups in total. The van der Waals surface area contributed by atoms with Crippen molar-refractivity contribution < 1.29 is 28.8 Å². The topological polar surface area (TPSA) is 65.7 Å². The largest absolute Gasteiger partial charge is 0.497 e. The predicted molar refractivity (Wildman–Crippen MR) is 117 cm³/mol. The summed E-state index contributed by atoms with van der Waals surface area (Å²) in [6.45, 7) is 8.13. The molecule has 2 heterocycles. The summed E-state index contributed by atoms with van der Waals surface area (Å²) in [5.41, 5.74) is 2.47. The minimum atomic E-state index is -0.0250. The summed E-state index contributed by atoms with van der Waals surface area (Å²) in [7, 11) is 1.66. The number of hydrogen-bond acceptors (Lipinski definition) is 4. The van der Waals surface area contributed by atoms with Crippen LogP contribution < -0.4 is 29.3 Å². The quantitative estimate of drug-likeness (QED) is 0.529. The Bertz CT molecular complexity index is 879. The van der Waals surface area contributed by atoms with Gasteiger partial charge in [-0.2, -0.15) is 0 Å². The maximum absolute atomic E-state index is 12.6. The summed E-state index contributed by atoms with van der Waals surface area (Å²) in [4.78, 5) is 15.6. The summed E-state index contributed by atoms with van der Waals surface area (Å²) in [5, 5.41) is 3.11. The second-order valence-electron chi connectivity index (χ2n) is 8.38. The molecule has 0 bridgehead atoms. The van der Waals surface area contributed by atoms with Crippen LogP contribution >= 0.6 is 0 Å².